The van der Waals surface area contributed by atoms with Crippen molar-refractivity contribution in [3.63, 3.8) is 0 Å². The van der Waals surface area contributed by atoms with E-state index < -0.39 is 0 Å². The average molecular weight is 425 g/mol. The highest BCUT2D eigenvalue weighted by Crippen LogP contribution is 2.22. The molecule has 9 heteroatoms. The summed E-state index contributed by atoms with van der Waals surface area (Å²) >= 11 is 1.22. The van der Waals surface area contributed by atoms with Gasteiger partial charge < -0.3 is 5.32 Å². The smallest absolute Gasteiger partial charge is 0.262 e. The standard InChI is InChI=1S/C21H20FN5O2S/c1-13(2)11-26-19(29)16-5-3-4-6-17(16)27-20(26)24-25-21(27)30-12-18(28)23-15-9-7-14(22)8-10-15/h3-10,13H,11-12H2,1-2H3,(H,23,28). The average Bonchev–Trinajstić information content (AvgIpc) is 3.15. The van der Waals surface area contributed by atoms with E-state index in [4.69, 9.17) is 0 Å². The molecule has 0 unspecified atom stereocenters. The third-order valence-electron chi connectivity index (χ3n) is 4.49. The number of hydrogen-bond acceptors (Lipinski definition) is 5. The quantitative estimate of drug-likeness (QED) is 0.478. The van der Waals surface area contributed by atoms with Crippen molar-refractivity contribution in [1.82, 2.24) is 19.2 Å². The molecule has 2 aromatic heterocycles. The fraction of sp³-hybridized carbons (Fsp3) is 0.238. The zero-order chi connectivity index (χ0) is 21.3. The van der Waals surface area contributed by atoms with Gasteiger partial charge in [0.1, 0.15) is 5.82 Å². The third kappa shape index (κ3) is 3.93. The van der Waals surface area contributed by atoms with Gasteiger partial charge in [0.05, 0.1) is 16.7 Å². The number of nitrogens with zero attached hydrogens (tertiary/aromatic N) is 4. The molecule has 0 aliphatic carbocycles. The Morgan fingerprint density at radius 2 is 1.87 bits per heavy atom. The number of rotatable bonds is 6. The van der Waals surface area contributed by atoms with E-state index in [0.717, 1.165) is 0 Å². The highest BCUT2D eigenvalue weighted by atomic mass is 32.2. The first-order valence-corrected chi connectivity index (χ1v) is 10.5. The first kappa shape index (κ1) is 20.1. The van der Waals surface area contributed by atoms with Crippen LogP contribution in [0.25, 0.3) is 16.7 Å². The van der Waals surface area contributed by atoms with Crippen LogP contribution >= 0.6 is 11.8 Å². The van der Waals surface area contributed by atoms with Crippen LogP contribution < -0.4 is 10.9 Å². The Kier molecular flexibility index (Phi) is 5.54. The second kappa shape index (κ2) is 8.27. The summed E-state index contributed by atoms with van der Waals surface area (Å²) in [5.41, 5.74) is 1.11. The predicted octanol–water partition coefficient (Wildman–Crippen LogP) is 3.57. The van der Waals surface area contributed by atoms with Crippen molar-refractivity contribution < 1.29 is 9.18 Å². The van der Waals surface area contributed by atoms with Crippen LogP contribution in [0.5, 0.6) is 0 Å². The molecular formula is C21H20FN5O2S. The maximum absolute atomic E-state index is 13.0. The van der Waals surface area contributed by atoms with E-state index in [1.54, 1.807) is 10.6 Å². The lowest BCUT2D eigenvalue weighted by molar-refractivity contribution is -0.113. The predicted molar refractivity (Wildman–Crippen MR) is 115 cm³/mol. The molecule has 2 heterocycles. The minimum absolute atomic E-state index is 0.0931. The van der Waals surface area contributed by atoms with E-state index in [-0.39, 0.29) is 29.0 Å². The van der Waals surface area contributed by atoms with Gasteiger partial charge in [-0.3, -0.25) is 18.6 Å². The van der Waals surface area contributed by atoms with E-state index in [1.165, 1.54) is 36.0 Å². The Hall–Kier alpha value is -3.20. The Morgan fingerprint density at radius 1 is 1.13 bits per heavy atom. The number of carbonyl (C=O) groups excluding carboxylic acids is 1. The first-order chi connectivity index (χ1) is 14.4. The van der Waals surface area contributed by atoms with Crippen molar-refractivity contribution in [2.24, 2.45) is 5.92 Å². The number of carbonyl (C=O) groups is 1. The van der Waals surface area contributed by atoms with Gasteiger partial charge in [-0.2, -0.15) is 0 Å². The molecule has 0 saturated heterocycles. The van der Waals surface area contributed by atoms with Crippen LogP contribution in [-0.4, -0.2) is 30.8 Å². The number of anilines is 1. The van der Waals surface area contributed by atoms with Crippen LogP contribution in [-0.2, 0) is 11.3 Å². The minimum Gasteiger partial charge on any atom is -0.325 e. The molecule has 1 amide bonds. The van der Waals surface area contributed by atoms with Crippen LogP contribution in [0.2, 0.25) is 0 Å². The molecule has 2 aromatic carbocycles. The highest BCUT2D eigenvalue weighted by molar-refractivity contribution is 7.99. The summed E-state index contributed by atoms with van der Waals surface area (Å²) in [4.78, 5) is 25.3. The number of thioether (sulfide) groups is 1. The zero-order valence-electron chi connectivity index (χ0n) is 16.5. The number of nitrogens with one attached hydrogen (secondary N) is 1. The van der Waals surface area contributed by atoms with Gasteiger partial charge >= 0.3 is 0 Å². The van der Waals surface area contributed by atoms with Crippen molar-refractivity contribution in [3.05, 3.63) is 64.7 Å². The summed E-state index contributed by atoms with van der Waals surface area (Å²) in [5.74, 6) is 0.186. The Labute approximate surface area is 175 Å². The molecule has 30 heavy (non-hydrogen) atoms. The summed E-state index contributed by atoms with van der Waals surface area (Å²) in [7, 11) is 0. The number of benzene rings is 2. The van der Waals surface area contributed by atoms with Gasteiger partial charge in [0, 0.05) is 12.2 Å². The number of halogens is 1. The monoisotopic (exact) mass is 425 g/mol. The molecule has 7 nitrogen and oxygen atoms in total. The molecule has 4 rings (SSSR count). The van der Waals surface area contributed by atoms with Crippen LogP contribution in [0.1, 0.15) is 13.8 Å². The van der Waals surface area contributed by atoms with Crippen molar-refractivity contribution in [2.75, 3.05) is 11.1 Å². The minimum atomic E-state index is -0.364. The maximum atomic E-state index is 13.0. The third-order valence-corrected chi connectivity index (χ3v) is 5.42. The molecule has 4 aromatic rings. The summed E-state index contributed by atoms with van der Waals surface area (Å²) in [6, 6.07) is 12.9. The lowest BCUT2D eigenvalue weighted by Gasteiger charge is -2.12. The van der Waals surface area contributed by atoms with E-state index in [0.29, 0.717) is 34.1 Å². The second-order valence-corrected chi connectivity index (χ2v) is 8.23. The molecule has 0 atom stereocenters. The van der Waals surface area contributed by atoms with Crippen molar-refractivity contribution >= 4 is 40.0 Å². The molecule has 0 aliphatic heterocycles. The molecule has 0 bridgehead atoms. The van der Waals surface area contributed by atoms with Crippen molar-refractivity contribution in [1.29, 1.82) is 0 Å². The molecule has 154 valence electrons. The van der Waals surface area contributed by atoms with Crippen LogP contribution in [0, 0.1) is 11.7 Å². The second-order valence-electron chi connectivity index (χ2n) is 7.29. The topological polar surface area (TPSA) is 81.3 Å². The summed E-state index contributed by atoms with van der Waals surface area (Å²) in [6.45, 7) is 4.58. The van der Waals surface area contributed by atoms with E-state index in [1.807, 2.05) is 36.4 Å². The molecule has 0 aliphatic rings. The largest absolute Gasteiger partial charge is 0.325 e. The van der Waals surface area contributed by atoms with Crippen molar-refractivity contribution in [2.45, 2.75) is 25.5 Å². The molecule has 1 N–H and O–H groups in total. The molecule has 0 saturated carbocycles. The maximum Gasteiger partial charge on any atom is 0.262 e. The first-order valence-electron chi connectivity index (χ1n) is 9.49. The lowest BCUT2D eigenvalue weighted by Crippen LogP contribution is -2.25. The number of hydrogen-bond donors (Lipinski definition) is 1. The van der Waals surface area contributed by atoms with Gasteiger partial charge in [0.25, 0.3) is 5.56 Å². The summed E-state index contributed by atoms with van der Waals surface area (Å²) in [6.07, 6.45) is 0. The lowest BCUT2D eigenvalue weighted by atomic mass is 10.2. The number of aromatic nitrogens is 4. The Morgan fingerprint density at radius 3 is 2.60 bits per heavy atom. The zero-order valence-corrected chi connectivity index (χ0v) is 17.3. The number of para-hydroxylation sites is 1. The number of fused-ring (bicyclic) bond motifs is 3. The van der Waals surface area contributed by atoms with E-state index in [9.17, 15) is 14.0 Å². The van der Waals surface area contributed by atoms with E-state index >= 15 is 0 Å². The van der Waals surface area contributed by atoms with Crippen molar-refractivity contribution in [3.8, 4) is 0 Å². The van der Waals surface area contributed by atoms with Gasteiger partial charge in [-0.25, -0.2) is 4.39 Å². The van der Waals surface area contributed by atoms with Crippen LogP contribution in [0.15, 0.2) is 58.5 Å². The summed E-state index contributed by atoms with van der Waals surface area (Å²) in [5, 5.41) is 12.3. The summed E-state index contributed by atoms with van der Waals surface area (Å²) < 4.78 is 16.5. The van der Waals surface area contributed by atoms with Gasteiger partial charge in [-0.1, -0.05) is 37.7 Å². The molecule has 0 radical (unpaired) electrons. The molecule has 0 fully saturated rings. The SMILES string of the molecule is CC(C)Cn1c(=O)c2ccccc2n2c(SCC(=O)Nc3ccc(F)cc3)nnc12. The van der Waals surface area contributed by atoms with Crippen LogP contribution in [0.3, 0.4) is 0 Å². The fourth-order valence-electron chi connectivity index (χ4n) is 3.22. The van der Waals surface area contributed by atoms with Gasteiger partial charge in [-0.15, -0.1) is 10.2 Å². The van der Waals surface area contributed by atoms with Gasteiger partial charge in [0.15, 0.2) is 5.16 Å². The fourth-order valence-corrected chi connectivity index (χ4v) is 3.96. The highest BCUT2D eigenvalue weighted by Gasteiger charge is 2.18. The Balaban J connectivity index is 1.66. The van der Waals surface area contributed by atoms with Gasteiger partial charge in [-0.05, 0) is 42.3 Å². The van der Waals surface area contributed by atoms with Crippen LogP contribution in [0.4, 0.5) is 10.1 Å². The van der Waals surface area contributed by atoms with Gasteiger partial charge in [0.2, 0.25) is 11.7 Å². The number of amides is 1. The molecular weight excluding hydrogens is 405 g/mol. The Bertz CT molecular complexity index is 1280. The normalized spacial score (nSPS) is 11.5. The molecule has 0 spiro atoms. The van der Waals surface area contributed by atoms with E-state index in [2.05, 4.69) is 15.5 Å².